The maximum atomic E-state index is 11.4. The second-order valence-electron chi connectivity index (χ2n) is 3.03. The largest absolute Gasteiger partial charge is 0.463 e. The number of nitrogens with one attached hydrogen (secondary N) is 1. The van der Waals surface area contributed by atoms with Crippen molar-refractivity contribution in [2.24, 2.45) is 4.99 Å². The van der Waals surface area contributed by atoms with Crippen LogP contribution in [0.2, 0.25) is 0 Å². The molecule has 7 heteroatoms. The topological polar surface area (TPSA) is 80.7 Å². The number of aliphatic imine (C=N–C) groups is 1. The van der Waals surface area contributed by atoms with E-state index in [2.05, 4.69) is 20.0 Å². The Labute approximate surface area is 108 Å². The van der Waals surface area contributed by atoms with Gasteiger partial charge in [-0.05, 0) is 6.92 Å². The van der Waals surface area contributed by atoms with Crippen molar-refractivity contribution >= 4 is 34.6 Å². The molecule has 1 aromatic heterocycles. The quantitative estimate of drug-likeness (QED) is 0.494. The molecule has 1 aromatic rings. The van der Waals surface area contributed by atoms with Crippen molar-refractivity contribution in [1.29, 1.82) is 0 Å². The van der Waals surface area contributed by atoms with Gasteiger partial charge in [0.1, 0.15) is 0 Å². The number of carbonyl (C=O) groups excluding carboxylic acids is 2. The van der Waals surface area contributed by atoms with Crippen molar-refractivity contribution in [3.05, 3.63) is 23.2 Å². The summed E-state index contributed by atoms with van der Waals surface area (Å²) in [4.78, 5) is 31.0. The third-order valence-electron chi connectivity index (χ3n) is 1.67. The first-order valence-corrected chi connectivity index (χ1v) is 6.01. The van der Waals surface area contributed by atoms with Gasteiger partial charge in [-0.3, -0.25) is 15.1 Å². The highest BCUT2D eigenvalue weighted by atomic mass is 32.1. The predicted octanol–water partition coefficient (Wildman–Crippen LogP) is 1.25. The van der Waals surface area contributed by atoms with Crippen LogP contribution in [0.3, 0.4) is 0 Å². The molecule has 0 bridgehead atoms. The molecule has 0 spiro atoms. The van der Waals surface area contributed by atoms with Gasteiger partial charge in [-0.25, -0.2) is 9.78 Å². The van der Waals surface area contributed by atoms with Crippen molar-refractivity contribution in [3.8, 4) is 0 Å². The summed E-state index contributed by atoms with van der Waals surface area (Å²) in [6.45, 7) is 1.97. The Hall–Kier alpha value is -2.02. The van der Waals surface area contributed by atoms with Gasteiger partial charge in [0, 0.05) is 31.6 Å². The first kappa shape index (κ1) is 14.0. The first-order chi connectivity index (χ1) is 8.65. The summed E-state index contributed by atoms with van der Waals surface area (Å²) >= 11 is 1.29. The van der Waals surface area contributed by atoms with Gasteiger partial charge in [-0.2, -0.15) is 0 Å². The molecule has 0 aromatic carbocycles. The van der Waals surface area contributed by atoms with Crippen molar-refractivity contribution in [3.63, 3.8) is 0 Å². The number of thiazole rings is 1. The van der Waals surface area contributed by atoms with Crippen LogP contribution in [0.15, 0.2) is 23.3 Å². The molecule has 0 radical (unpaired) electrons. The third-order valence-corrected chi connectivity index (χ3v) is 2.51. The van der Waals surface area contributed by atoms with Crippen LogP contribution in [-0.2, 0) is 14.3 Å². The lowest BCUT2D eigenvalue weighted by atomic mass is 10.5. The first-order valence-electron chi connectivity index (χ1n) is 5.19. The summed E-state index contributed by atoms with van der Waals surface area (Å²) in [5.74, 6) is -0.983. The number of rotatable bonds is 5. The highest BCUT2D eigenvalue weighted by Crippen LogP contribution is 2.15. The van der Waals surface area contributed by atoms with Gasteiger partial charge in [0.2, 0.25) is 5.91 Å². The minimum Gasteiger partial charge on any atom is -0.463 e. The molecule has 0 aliphatic heterocycles. The molecule has 6 nitrogen and oxygen atoms in total. The molecule has 1 N–H and O–H groups in total. The minimum absolute atomic E-state index is 0.275. The van der Waals surface area contributed by atoms with Crippen LogP contribution < -0.4 is 5.32 Å². The molecule has 0 aliphatic carbocycles. The SMILES string of the molecule is CCOC(=O)/C=C/C(=O)Nc1ncc(C=NC)s1. The van der Waals surface area contributed by atoms with Crippen LogP contribution >= 0.6 is 11.3 Å². The van der Waals surface area contributed by atoms with Crippen LogP contribution in [-0.4, -0.2) is 36.7 Å². The van der Waals surface area contributed by atoms with E-state index in [1.807, 2.05) is 0 Å². The molecule has 96 valence electrons. The van der Waals surface area contributed by atoms with Crippen LogP contribution in [0.25, 0.3) is 0 Å². The Morgan fingerprint density at radius 3 is 3.00 bits per heavy atom. The minimum atomic E-state index is -0.550. The summed E-state index contributed by atoms with van der Waals surface area (Å²) in [5, 5.41) is 2.98. The standard InChI is InChI=1S/C11H13N3O3S/c1-3-17-10(16)5-4-9(15)14-11-13-7-8(18-11)6-12-2/h4-7H,3H2,1-2H3,(H,13,14,15)/b5-4+,12-6?. The lowest BCUT2D eigenvalue weighted by Crippen LogP contribution is -2.09. The second-order valence-corrected chi connectivity index (χ2v) is 4.09. The van der Waals surface area contributed by atoms with E-state index in [1.54, 1.807) is 26.4 Å². The smallest absolute Gasteiger partial charge is 0.330 e. The van der Waals surface area contributed by atoms with E-state index in [1.165, 1.54) is 11.3 Å². The van der Waals surface area contributed by atoms with Crippen molar-refractivity contribution in [2.45, 2.75) is 6.92 Å². The monoisotopic (exact) mass is 267 g/mol. The lowest BCUT2D eigenvalue weighted by molar-refractivity contribution is -0.137. The Balaban J connectivity index is 2.51. The summed E-state index contributed by atoms with van der Waals surface area (Å²) in [6, 6.07) is 0. The number of anilines is 1. The van der Waals surface area contributed by atoms with Crippen LogP contribution in [0.1, 0.15) is 11.8 Å². The van der Waals surface area contributed by atoms with E-state index in [0.29, 0.717) is 5.13 Å². The Kier molecular flexibility index (Phi) is 5.72. The highest BCUT2D eigenvalue weighted by molar-refractivity contribution is 7.17. The van der Waals surface area contributed by atoms with Gasteiger partial charge in [-0.15, -0.1) is 0 Å². The van der Waals surface area contributed by atoms with Crippen LogP contribution in [0.5, 0.6) is 0 Å². The molecule has 0 saturated carbocycles. The second kappa shape index (κ2) is 7.33. The van der Waals surface area contributed by atoms with Gasteiger partial charge in [-0.1, -0.05) is 11.3 Å². The zero-order chi connectivity index (χ0) is 13.4. The number of aromatic nitrogens is 1. The van der Waals surface area contributed by atoms with E-state index in [4.69, 9.17) is 0 Å². The number of hydrogen-bond donors (Lipinski definition) is 1. The molecule has 0 unspecified atom stereocenters. The average Bonchev–Trinajstić information content (AvgIpc) is 2.75. The molecule has 0 fully saturated rings. The average molecular weight is 267 g/mol. The molecular weight excluding hydrogens is 254 g/mol. The van der Waals surface area contributed by atoms with E-state index in [-0.39, 0.29) is 6.61 Å². The summed E-state index contributed by atoms with van der Waals surface area (Å²) in [7, 11) is 1.65. The number of nitrogens with zero attached hydrogens (tertiary/aromatic N) is 2. The molecule has 1 amide bonds. The van der Waals surface area contributed by atoms with Gasteiger partial charge in [0.15, 0.2) is 5.13 Å². The normalized spacial score (nSPS) is 11.0. The van der Waals surface area contributed by atoms with Crippen molar-refractivity contribution < 1.29 is 14.3 Å². The Morgan fingerprint density at radius 1 is 1.56 bits per heavy atom. The summed E-state index contributed by atoms with van der Waals surface area (Å²) in [6.07, 6.45) is 5.41. The van der Waals surface area contributed by atoms with Gasteiger partial charge < -0.3 is 4.74 Å². The fraction of sp³-hybridized carbons (Fsp3) is 0.273. The Morgan fingerprint density at radius 2 is 2.33 bits per heavy atom. The van der Waals surface area contributed by atoms with Gasteiger partial charge in [0.25, 0.3) is 0 Å². The molecule has 1 rings (SSSR count). The van der Waals surface area contributed by atoms with Crippen molar-refractivity contribution in [2.75, 3.05) is 19.0 Å². The van der Waals surface area contributed by atoms with Crippen molar-refractivity contribution in [1.82, 2.24) is 4.98 Å². The molecule has 0 atom stereocenters. The maximum Gasteiger partial charge on any atom is 0.330 e. The van der Waals surface area contributed by atoms with E-state index < -0.39 is 11.9 Å². The predicted molar refractivity (Wildman–Crippen MR) is 70.0 cm³/mol. The molecule has 18 heavy (non-hydrogen) atoms. The zero-order valence-electron chi connectivity index (χ0n) is 10.0. The number of hydrogen-bond acceptors (Lipinski definition) is 6. The summed E-state index contributed by atoms with van der Waals surface area (Å²) in [5.41, 5.74) is 0. The number of ether oxygens (including phenoxy) is 1. The van der Waals surface area contributed by atoms with Gasteiger partial charge in [0.05, 0.1) is 11.5 Å². The fourth-order valence-electron chi connectivity index (χ4n) is 1.01. The Bertz CT molecular complexity index is 480. The fourth-order valence-corrected chi connectivity index (χ4v) is 1.76. The van der Waals surface area contributed by atoms with E-state index in [0.717, 1.165) is 17.0 Å². The molecule has 0 saturated heterocycles. The van der Waals surface area contributed by atoms with Crippen LogP contribution in [0, 0.1) is 0 Å². The number of carbonyl (C=O) groups is 2. The third kappa shape index (κ3) is 4.88. The molecular formula is C11H13N3O3S. The van der Waals surface area contributed by atoms with Gasteiger partial charge >= 0.3 is 5.97 Å². The van der Waals surface area contributed by atoms with Crippen LogP contribution in [0.4, 0.5) is 5.13 Å². The van der Waals surface area contributed by atoms with E-state index in [9.17, 15) is 9.59 Å². The number of amides is 1. The number of esters is 1. The zero-order valence-corrected chi connectivity index (χ0v) is 10.9. The summed E-state index contributed by atoms with van der Waals surface area (Å²) < 4.78 is 4.64. The molecule has 1 heterocycles. The maximum absolute atomic E-state index is 11.4. The van der Waals surface area contributed by atoms with E-state index >= 15 is 0 Å². The highest BCUT2D eigenvalue weighted by Gasteiger charge is 2.03. The molecule has 0 aliphatic rings. The lowest BCUT2D eigenvalue weighted by Gasteiger charge is -1.96.